The third kappa shape index (κ3) is 8.84. The van der Waals surface area contributed by atoms with E-state index in [1.54, 1.807) is 34.6 Å². The van der Waals surface area contributed by atoms with E-state index in [4.69, 9.17) is 10.5 Å². The van der Waals surface area contributed by atoms with Crippen molar-refractivity contribution in [2.45, 2.75) is 58.7 Å². The SMILES string of the molecule is COC(=O)C(CC(=O)OC(C)(C)C)NC(=O)C(N)C(C)C.Cl. The molecule has 2 atom stereocenters. The van der Waals surface area contributed by atoms with Crippen LogP contribution in [-0.4, -0.2) is 42.6 Å². The zero-order valence-corrected chi connectivity index (χ0v) is 14.8. The molecule has 0 rings (SSSR count). The molecule has 0 aliphatic heterocycles. The van der Waals surface area contributed by atoms with E-state index in [0.717, 1.165) is 0 Å². The Balaban J connectivity index is 0. The summed E-state index contributed by atoms with van der Waals surface area (Å²) >= 11 is 0. The fourth-order valence-electron chi connectivity index (χ4n) is 1.46. The normalized spacial score (nSPS) is 13.6. The van der Waals surface area contributed by atoms with Crippen molar-refractivity contribution in [3.63, 3.8) is 0 Å². The number of rotatable bonds is 6. The van der Waals surface area contributed by atoms with Crippen LogP contribution in [0.25, 0.3) is 0 Å². The van der Waals surface area contributed by atoms with Crippen molar-refractivity contribution >= 4 is 30.3 Å². The molecule has 0 aliphatic carbocycles. The molecule has 0 radical (unpaired) electrons. The van der Waals surface area contributed by atoms with Gasteiger partial charge >= 0.3 is 11.9 Å². The summed E-state index contributed by atoms with van der Waals surface area (Å²) in [4.78, 5) is 35.3. The zero-order valence-electron chi connectivity index (χ0n) is 14.0. The molecule has 8 heteroatoms. The van der Waals surface area contributed by atoms with Crippen molar-refractivity contribution in [2.75, 3.05) is 7.11 Å². The number of esters is 2. The average Bonchev–Trinajstić information content (AvgIpc) is 2.33. The molecule has 0 saturated carbocycles. The molecule has 0 aromatic heterocycles. The average molecular weight is 339 g/mol. The van der Waals surface area contributed by atoms with Gasteiger partial charge in [-0.2, -0.15) is 0 Å². The summed E-state index contributed by atoms with van der Waals surface area (Å²) in [7, 11) is 1.18. The molecule has 3 N–H and O–H groups in total. The van der Waals surface area contributed by atoms with Gasteiger partial charge in [-0.15, -0.1) is 12.4 Å². The van der Waals surface area contributed by atoms with Gasteiger partial charge in [0.15, 0.2) is 0 Å². The number of nitrogens with two attached hydrogens (primary N) is 1. The van der Waals surface area contributed by atoms with Crippen LogP contribution >= 0.6 is 12.4 Å². The molecule has 1 amide bonds. The molecule has 0 fully saturated rings. The second-order valence-electron chi connectivity index (χ2n) is 6.14. The Hall–Kier alpha value is -1.34. The van der Waals surface area contributed by atoms with E-state index in [1.165, 1.54) is 7.11 Å². The second-order valence-corrected chi connectivity index (χ2v) is 6.14. The van der Waals surface area contributed by atoms with Crippen molar-refractivity contribution in [2.24, 2.45) is 11.7 Å². The van der Waals surface area contributed by atoms with Gasteiger partial charge in [0.1, 0.15) is 11.6 Å². The topological polar surface area (TPSA) is 108 Å². The minimum absolute atomic E-state index is 0. The zero-order chi connectivity index (χ0) is 16.8. The highest BCUT2D eigenvalue weighted by molar-refractivity contribution is 5.90. The van der Waals surface area contributed by atoms with E-state index in [9.17, 15) is 14.4 Å². The number of halogens is 1. The van der Waals surface area contributed by atoms with Crippen LogP contribution in [-0.2, 0) is 23.9 Å². The third-order valence-electron chi connectivity index (χ3n) is 2.61. The van der Waals surface area contributed by atoms with Gasteiger partial charge in [-0.25, -0.2) is 4.79 Å². The summed E-state index contributed by atoms with van der Waals surface area (Å²) in [6.07, 6.45) is -0.305. The van der Waals surface area contributed by atoms with Gasteiger partial charge in [0.25, 0.3) is 0 Å². The highest BCUT2D eigenvalue weighted by Gasteiger charge is 2.29. The highest BCUT2D eigenvalue weighted by Crippen LogP contribution is 2.10. The third-order valence-corrected chi connectivity index (χ3v) is 2.61. The van der Waals surface area contributed by atoms with E-state index in [-0.39, 0.29) is 24.7 Å². The maximum Gasteiger partial charge on any atom is 0.328 e. The molecule has 0 bridgehead atoms. The smallest absolute Gasteiger partial charge is 0.328 e. The Bertz CT molecular complexity index is 393. The quantitative estimate of drug-likeness (QED) is 0.693. The maximum atomic E-state index is 11.9. The fourth-order valence-corrected chi connectivity index (χ4v) is 1.46. The molecule has 2 unspecified atom stereocenters. The molecular weight excluding hydrogens is 312 g/mol. The summed E-state index contributed by atoms with van der Waals surface area (Å²) in [5.41, 5.74) is 5.03. The molecule has 0 spiro atoms. The number of hydrogen-bond donors (Lipinski definition) is 2. The lowest BCUT2D eigenvalue weighted by Gasteiger charge is -2.23. The lowest BCUT2D eigenvalue weighted by Crippen LogP contribution is -2.51. The Labute approximate surface area is 137 Å². The van der Waals surface area contributed by atoms with Gasteiger partial charge in [-0.05, 0) is 26.7 Å². The van der Waals surface area contributed by atoms with E-state index >= 15 is 0 Å². The lowest BCUT2D eigenvalue weighted by atomic mass is 10.0. The first kappa shape index (κ1) is 22.9. The Morgan fingerprint density at radius 2 is 1.68 bits per heavy atom. The van der Waals surface area contributed by atoms with E-state index in [1.807, 2.05) is 0 Å². The van der Waals surface area contributed by atoms with Crippen molar-refractivity contribution in [3.05, 3.63) is 0 Å². The number of methoxy groups -OCH3 is 1. The molecule has 0 saturated heterocycles. The minimum atomic E-state index is -1.11. The van der Waals surface area contributed by atoms with Crippen LogP contribution in [0.15, 0.2) is 0 Å². The molecule has 0 heterocycles. The number of ether oxygens (including phenoxy) is 2. The number of amides is 1. The summed E-state index contributed by atoms with van der Waals surface area (Å²) in [5.74, 6) is -1.92. The monoisotopic (exact) mass is 338 g/mol. The van der Waals surface area contributed by atoms with Gasteiger partial charge in [0.2, 0.25) is 5.91 Å². The largest absolute Gasteiger partial charge is 0.467 e. The first-order valence-electron chi connectivity index (χ1n) is 6.83. The highest BCUT2D eigenvalue weighted by atomic mass is 35.5. The van der Waals surface area contributed by atoms with Crippen molar-refractivity contribution in [1.29, 1.82) is 0 Å². The standard InChI is InChI=1S/C14H26N2O5.ClH/c1-8(2)11(15)12(18)16-9(13(19)20-6)7-10(17)21-14(3,4)5;/h8-9,11H,7,15H2,1-6H3,(H,16,18);1H. The van der Waals surface area contributed by atoms with Crippen LogP contribution in [0.1, 0.15) is 41.0 Å². The molecular formula is C14H27ClN2O5. The van der Waals surface area contributed by atoms with Crippen LogP contribution in [0.4, 0.5) is 0 Å². The van der Waals surface area contributed by atoms with E-state index < -0.39 is 35.5 Å². The number of carbonyl (C=O) groups is 3. The Kier molecular flexibility index (Phi) is 10.0. The van der Waals surface area contributed by atoms with Crippen molar-refractivity contribution in [1.82, 2.24) is 5.32 Å². The Morgan fingerprint density at radius 3 is 2.05 bits per heavy atom. The van der Waals surface area contributed by atoms with Crippen LogP contribution in [0.2, 0.25) is 0 Å². The predicted molar refractivity (Wildman–Crippen MR) is 84.5 cm³/mol. The van der Waals surface area contributed by atoms with Crippen LogP contribution in [0, 0.1) is 5.92 Å². The van der Waals surface area contributed by atoms with E-state index in [2.05, 4.69) is 10.1 Å². The first-order chi connectivity index (χ1) is 9.47. The molecule has 7 nitrogen and oxygen atoms in total. The van der Waals surface area contributed by atoms with Crippen LogP contribution in [0.5, 0.6) is 0 Å². The summed E-state index contributed by atoms with van der Waals surface area (Å²) < 4.78 is 9.71. The van der Waals surface area contributed by atoms with Crippen molar-refractivity contribution < 1.29 is 23.9 Å². The molecule has 0 aromatic carbocycles. The first-order valence-corrected chi connectivity index (χ1v) is 6.83. The second kappa shape index (κ2) is 9.63. The van der Waals surface area contributed by atoms with Crippen molar-refractivity contribution in [3.8, 4) is 0 Å². The number of nitrogens with one attached hydrogen (secondary N) is 1. The van der Waals surface area contributed by atoms with Crippen LogP contribution in [0.3, 0.4) is 0 Å². The van der Waals surface area contributed by atoms with Gasteiger partial charge in [0.05, 0.1) is 19.6 Å². The summed E-state index contributed by atoms with van der Waals surface area (Å²) in [6, 6.07) is -1.88. The van der Waals surface area contributed by atoms with Crippen LogP contribution < -0.4 is 11.1 Å². The molecule has 22 heavy (non-hydrogen) atoms. The molecule has 130 valence electrons. The Morgan fingerprint density at radius 1 is 1.18 bits per heavy atom. The lowest BCUT2D eigenvalue weighted by molar-refractivity contribution is -0.159. The summed E-state index contributed by atoms with van der Waals surface area (Å²) in [6.45, 7) is 8.71. The van der Waals surface area contributed by atoms with Gasteiger partial charge in [-0.3, -0.25) is 9.59 Å². The summed E-state index contributed by atoms with van der Waals surface area (Å²) in [5, 5.41) is 2.43. The molecule has 0 aliphatic rings. The minimum Gasteiger partial charge on any atom is -0.467 e. The molecule has 0 aromatic rings. The van der Waals surface area contributed by atoms with Gasteiger partial charge < -0.3 is 20.5 Å². The fraction of sp³-hybridized carbons (Fsp3) is 0.786. The van der Waals surface area contributed by atoms with Gasteiger partial charge in [0, 0.05) is 0 Å². The number of hydrogen-bond acceptors (Lipinski definition) is 6. The van der Waals surface area contributed by atoms with E-state index in [0.29, 0.717) is 0 Å². The number of carbonyl (C=O) groups excluding carboxylic acids is 3. The van der Waals surface area contributed by atoms with Gasteiger partial charge in [-0.1, -0.05) is 13.8 Å². The maximum absolute atomic E-state index is 11.9. The predicted octanol–water partition coefficient (Wildman–Crippen LogP) is 0.781.